The molecule has 122 valence electrons. The van der Waals surface area contributed by atoms with Gasteiger partial charge in [-0.15, -0.1) is 0 Å². The summed E-state index contributed by atoms with van der Waals surface area (Å²) in [6.07, 6.45) is 0. The molecule has 7 heteroatoms. The second-order valence-corrected chi connectivity index (χ2v) is 5.73. The summed E-state index contributed by atoms with van der Waals surface area (Å²) in [5.74, 6) is -0.780. The highest BCUT2D eigenvalue weighted by molar-refractivity contribution is 6.07. The molecule has 24 heavy (non-hydrogen) atoms. The molecule has 1 saturated heterocycles. The lowest BCUT2D eigenvalue weighted by Gasteiger charge is -2.21. The van der Waals surface area contributed by atoms with Gasteiger partial charge in [0, 0.05) is 11.4 Å². The fourth-order valence-corrected chi connectivity index (χ4v) is 2.52. The van der Waals surface area contributed by atoms with Crippen molar-refractivity contribution in [3.63, 3.8) is 0 Å². The lowest BCUT2D eigenvalue weighted by Crippen LogP contribution is -2.40. The van der Waals surface area contributed by atoms with Crippen LogP contribution in [0.15, 0.2) is 42.5 Å². The van der Waals surface area contributed by atoms with E-state index in [4.69, 9.17) is 0 Å². The van der Waals surface area contributed by atoms with Crippen LogP contribution in [-0.4, -0.2) is 22.8 Å². The normalized spacial score (nSPS) is 19.6. The van der Waals surface area contributed by atoms with Crippen molar-refractivity contribution in [2.24, 2.45) is 0 Å². The van der Waals surface area contributed by atoms with E-state index in [0.29, 0.717) is 16.9 Å². The van der Waals surface area contributed by atoms with Crippen molar-refractivity contribution in [2.45, 2.75) is 19.4 Å². The quantitative estimate of drug-likeness (QED) is 0.748. The molecule has 2 aromatic rings. The summed E-state index contributed by atoms with van der Waals surface area (Å²) < 4.78 is 0. The molecule has 3 rings (SSSR count). The van der Waals surface area contributed by atoms with Crippen molar-refractivity contribution in [3.8, 4) is 0 Å². The van der Waals surface area contributed by atoms with Gasteiger partial charge in [-0.05, 0) is 43.7 Å². The van der Waals surface area contributed by atoms with Crippen LogP contribution in [0.4, 0.5) is 10.5 Å². The topological polar surface area (TPSA) is 100 Å². The number of nitrogens with one attached hydrogen (secondary N) is 3. The van der Waals surface area contributed by atoms with E-state index < -0.39 is 17.5 Å². The van der Waals surface area contributed by atoms with Crippen molar-refractivity contribution in [3.05, 3.63) is 59.4 Å². The molecule has 0 spiro atoms. The Morgan fingerprint density at radius 2 is 1.92 bits per heavy atom. The number of nitrogens with zero attached hydrogens (tertiary/aromatic N) is 1. The van der Waals surface area contributed by atoms with E-state index in [-0.39, 0.29) is 5.91 Å². The lowest BCUT2D eigenvalue weighted by molar-refractivity contribution is -0.123. The summed E-state index contributed by atoms with van der Waals surface area (Å²) in [6.45, 7) is 3.41. The highest BCUT2D eigenvalue weighted by Gasteiger charge is 2.43. The number of urea groups is 1. The first-order chi connectivity index (χ1) is 11.4. The third kappa shape index (κ3) is 2.83. The van der Waals surface area contributed by atoms with Crippen molar-refractivity contribution in [1.82, 2.24) is 15.6 Å². The van der Waals surface area contributed by atoms with Crippen LogP contribution in [0, 0.1) is 6.92 Å². The maximum absolute atomic E-state index is 12.3. The standard InChI is InChI=1S/C17H16N4O3/c1-10-5-3-8-13(18-10)14(22)19-12-7-4-6-11(9-12)17(2)15(23)20-16(24)21-17/h3-9H,1-2H3,(H,19,22)(H2,20,21,23,24)/t17-/m1/s1. The van der Waals surface area contributed by atoms with E-state index in [1.807, 2.05) is 0 Å². The zero-order valence-electron chi connectivity index (χ0n) is 13.2. The van der Waals surface area contributed by atoms with E-state index in [2.05, 4.69) is 20.9 Å². The minimum Gasteiger partial charge on any atom is -0.321 e. The molecule has 1 aromatic carbocycles. The zero-order valence-corrected chi connectivity index (χ0v) is 13.2. The van der Waals surface area contributed by atoms with Crippen LogP contribution < -0.4 is 16.0 Å². The molecule has 4 amide bonds. The van der Waals surface area contributed by atoms with Crippen LogP contribution in [0.3, 0.4) is 0 Å². The van der Waals surface area contributed by atoms with Crippen molar-refractivity contribution >= 4 is 23.5 Å². The maximum Gasteiger partial charge on any atom is 0.322 e. The molecule has 1 aromatic heterocycles. The van der Waals surface area contributed by atoms with E-state index in [1.54, 1.807) is 56.3 Å². The van der Waals surface area contributed by atoms with Crippen LogP contribution in [0.1, 0.15) is 28.7 Å². The molecule has 3 N–H and O–H groups in total. The highest BCUT2D eigenvalue weighted by atomic mass is 16.2. The number of amides is 4. The predicted octanol–water partition coefficient (Wildman–Crippen LogP) is 1.70. The van der Waals surface area contributed by atoms with Gasteiger partial charge in [-0.3, -0.25) is 14.9 Å². The summed E-state index contributed by atoms with van der Waals surface area (Å²) in [4.78, 5) is 39.9. The maximum atomic E-state index is 12.3. The molecule has 2 heterocycles. The third-order valence-electron chi connectivity index (χ3n) is 3.86. The first kappa shape index (κ1) is 15.7. The number of aryl methyl sites for hydroxylation is 1. The second-order valence-electron chi connectivity index (χ2n) is 5.73. The van der Waals surface area contributed by atoms with E-state index in [0.717, 1.165) is 5.69 Å². The van der Waals surface area contributed by atoms with E-state index >= 15 is 0 Å². The third-order valence-corrected chi connectivity index (χ3v) is 3.86. The second kappa shape index (κ2) is 5.77. The summed E-state index contributed by atoms with van der Waals surface area (Å²) >= 11 is 0. The Bertz CT molecular complexity index is 849. The van der Waals surface area contributed by atoms with E-state index in [1.165, 1.54) is 0 Å². The van der Waals surface area contributed by atoms with Crippen LogP contribution in [0.2, 0.25) is 0 Å². The summed E-state index contributed by atoms with van der Waals surface area (Å²) in [6, 6.07) is 11.4. The Morgan fingerprint density at radius 1 is 1.17 bits per heavy atom. The van der Waals surface area contributed by atoms with Gasteiger partial charge in [0.2, 0.25) is 0 Å². The molecule has 1 fully saturated rings. The minimum atomic E-state index is -1.17. The summed E-state index contributed by atoms with van der Waals surface area (Å²) in [5.41, 5.74) is 0.962. The molecule has 0 saturated carbocycles. The smallest absolute Gasteiger partial charge is 0.321 e. The number of hydrogen-bond donors (Lipinski definition) is 3. The number of carbonyl (C=O) groups excluding carboxylic acids is 3. The number of rotatable bonds is 3. The summed E-state index contributed by atoms with van der Waals surface area (Å²) in [5, 5.41) is 7.55. The van der Waals surface area contributed by atoms with Gasteiger partial charge in [0.15, 0.2) is 0 Å². The molecule has 0 bridgehead atoms. The molecule has 0 aliphatic carbocycles. The number of benzene rings is 1. The molecule has 0 unspecified atom stereocenters. The van der Waals surface area contributed by atoms with Gasteiger partial charge < -0.3 is 10.6 Å². The highest BCUT2D eigenvalue weighted by Crippen LogP contribution is 2.26. The van der Waals surface area contributed by atoms with E-state index in [9.17, 15) is 14.4 Å². The first-order valence-electron chi connectivity index (χ1n) is 7.37. The monoisotopic (exact) mass is 324 g/mol. The Kier molecular flexibility index (Phi) is 3.76. The number of anilines is 1. The number of hydrogen-bond acceptors (Lipinski definition) is 4. The average molecular weight is 324 g/mol. The lowest BCUT2D eigenvalue weighted by atomic mass is 9.92. The Hall–Kier alpha value is -3.22. The fraction of sp³-hybridized carbons (Fsp3) is 0.176. The van der Waals surface area contributed by atoms with Crippen molar-refractivity contribution in [2.75, 3.05) is 5.32 Å². The molecule has 0 radical (unpaired) electrons. The van der Waals surface area contributed by atoms with Gasteiger partial charge >= 0.3 is 6.03 Å². The Labute approximate surface area is 138 Å². The first-order valence-corrected chi connectivity index (χ1v) is 7.37. The number of aromatic nitrogens is 1. The number of pyridine rings is 1. The van der Waals surface area contributed by atoms with Crippen LogP contribution in [0.5, 0.6) is 0 Å². The van der Waals surface area contributed by atoms with Crippen LogP contribution >= 0.6 is 0 Å². The molecule has 1 atom stereocenters. The van der Waals surface area contributed by atoms with Gasteiger partial charge in [0.25, 0.3) is 11.8 Å². The molecule has 7 nitrogen and oxygen atoms in total. The molecular weight excluding hydrogens is 308 g/mol. The average Bonchev–Trinajstić information content (AvgIpc) is 2.81. The SMILES string of the molecule is Cc1cccc(C(=O)Nc2cccc([C@@]3(C)NC(=O)NC3=O)c2)n1. The van der Waals surface area contributed by atoms with Crippen LogP contribution in [0.25, 0.3) is 0 Å². The van der Waals surface area contributed by atoms with Gasteiger partial charge in [-0.1, -0.05) is 18.2 Å². The fourth-order valence-electron chi connectivity index (χ4n) is 2.52. The summed E-state index contributed by atoms with van der Waals surface area (Å²) in [7, 11) is 0. The molecular formula is C17H16N4O3. The largest absolute Gasteiger partial charge is 0.322 e. The van der Waals surface area contributed by atoms with Gasteiger partial charge in [0.05, 0.1) is 0 Å². The van der Waals surface area contributed by atoms with Crippen LogP contribution in [-0.2, 0) is 10.3 Å². The van der Waals surface area contributed by atoms with Gasteiger partial charge in [0.1, 0.15) is 11.2 Å². The Morgan fingerprint density at radius 3 is 2.58 bits per heavy atom. The molecule has 1 aliphatic rings. The van der Waals surface area contributed by atoms with Crippen molar-refractivity contribution in [1.29, 1.82) is 0 Å². The molecule has 1 aliphatic heterocycles. The van der Waals surface area contributed by atoms with Gasteiger partial charge in [-0.2, -0.15) is 0 Å². The Balaban J connectivity index is 1.85. The van der Waals surface area contributed by atoms with Gasteiger partial charge in [-0.25, -0.2) is 9.78 Å². The minimum absolute atomic E-state index is 0.304. The number of imide groups is 1. The zero-order chi connectivity index (χ0) is 17.3. The van der Waals surface area contributed by atoms with Crippen molar-refractivity contribution < 1.29 is 14.4 Å². The number of carbonyl (C=O) groups is 3. The predicted molar refractivity (Wildman–Crippen MR) is 87.4 cm³/mol.